The summed E-state index contributed by atoms with van der Waals surface area (Å²) < 4.78 is 24.7. The van der Waals surface area contributed by atoms with E-state index in [0.29, 0.717) is 24.7 Å². The van der Waals surface area contributed by atoms with Gasteiger partial charge >= 0.3 is 11.9 Å². The Hall–Kier alpha value is -3.28. The molecule has 8 fully saturated rings. The number of hydrogen-bond acceptors (Lipinski definition) is 6. The van der Waals surface area contributed by atoms with Crippen molar-refractivity contribution < 1.29 is 28.5 Å². The molecule has 8 bridgehead atoms. The van der Waals surface area contributed by atoms with Gasteiger partial charge in [-0.25, -0.2) is 9.59 Å². The monoisotopic (exact) mass is 650 g/mol. The number of benzene rings is 3. The molecule has 0 amide bonds. The third-order valence-corrected chi connectivity index (χ3v) is 13.5. The summed E-state index contributed by atoms with van der Waals surface area (Å²) in [6, 6.07) is 14.2. The summed E-state index contributed by atoms with van der Waals surface area (Å²) in [5.41, 5.74) is 1.51. The van der Waals surface area contributed by atoms with Gasteiger partial charge in [0.25, 0.3) is 0 Å². The molecule has 6 heteroatoms. The van der Waals surface area contributed by atoms with Gasteiger partial charge in [-0.05, 0) is 131 Å². The van der Waals surface area contributed by atoms with Gasteiger partial charge in [0.1, 0.15) is 11.5 Å². The van der Waals surface area contributed by atoms with Crippen molar-refractivity contribution >= 4 is 33.5 Å². The van der Waals surface area contributed by atoms with Crippen LogP contribution in [0.15, 0.2) is 42.5 Å². The summed E-state index contributed by atoms with van der Waals surface area (Å²) >= 11 is 0. The van der Waals surface area contributed by atoms with Crippen LogP contribution in [0.1, 0.15) is 89.5 Å². The van der Waals surface area contributed by atoms with Gasteiger partial charge in [-0.15, -0.1) is 0 Å². The molecule has 8 aliphatic carbocycles. The lowest BCUT2D eigenvalue weighted by Gasteiger charge is -2.56. The first kappa shape index (κ1) is 30.8. The lowest BCUT2D eigenvalue weighted by atomic mass is 9.50. The maximum Gasteiger partial charge on any atom is 0.344 e. The topological polar surface area (TPSA) is 71.1 Å². The molecule has 6 nitrogen and oxygen atoms in total. The van der Waals surface area contributed by atoms with Crippen molar-refractivity contribution in [2.24, 2.45) is 46.3 Å². The van der Waals surface area contributed by atoms with Crippen LogP contribution in [0.3, 0.4) is 0 Å². The van der Waals surface area contributed by atoms with Crippen LogP contribution in [-0.4, -0.2) is 38.4 Å². The SMILES string of the molecule is CCc1ccc2c(OCC(=O)OCC34CC5CC(CC(C5)C3)C4)c3ccccc3c(OCC(=O)OCC34CC5CC(CC(C5)C3)C4)c2c1. The van der Waals surface area contributed by atoms with Crippen molar-refractivity contribution in [3.8, 4) is 11.5 Å². The summed E-state index contributed by atoms with van der Waals surface area (Å²) in [7, 11) is 0. The highest BCUT2D eigenvalue weighted by atomic mass is 16.6. The zero-order chi connectivity index (χ0) is 32.5. The Balaban J connectivity index is 0.911. The number of esters is 2. The molecule has 11 rings (SSSR count). The van der Waals surface area contributed by atoms with Crippen LogP contribution in [0, 0.1) is 46.3 Å². The minimum Gasteiger partial charge on any atom is -0.481 e. The molecular formula is C42H50O6. The molecule has 3 aromatic rings. The fraction of sp³-hybridized carbons (Fsp3) is 0.619. The molecule has 8 aliphatic rings. The van der Waals surface area contributed by atoms with Gasteiger partial charge in [-0.3, -0.25) is 0 Å². The van der Waals surface area contributed by atoms with E-state index < -0.39 is 0 Å². The Morgan fingerprint density at radius 1 is 0.583 bits per heavy atom. The van der Waals surface area contributed by atoms with Crippen LogP contribution >= 0.6 is 0 Å². The highest BCUT2D eigenvalue weighted by Crippen LogP contribution is 2.61. The highest BCUT2D eigenvalue weighted by Gasteiger charge is 2.52. The van der Waals surface area contributed by atoms with E-state index in [4.69, 9.17) is 18.9 Å². The van der Waals surface area contributed by atoms with E-state index >= 15 is 0 Å². The molecule has 0 spiro atoms. The van der Waals surface area contributed by atoms with E-state index in [0.717, 1.165) is 69.0 Å². The first-order chi connectivity index (χ1) is 23.3. The van der Waals surface area contributed by atoms with Crippen molar-refractivity contribution in [1.82, 2.24) is 0 Å². The van der Waals surface area contributed by atoms with Gasteiger partial charge in [0.2, 0.25) is 0 Å². The van der Waals surface area contributed by atoms with Gasteiger partial charge in [-0.2, -0.15) is 0 Å². The minimum absolute atomic E-state index is 0.140. The molecule has 0 aromatic heterocycles. The third-order valence-electron chi connectivity index (χ3n) is 13.5. The van der Waals surface area contributed by atoms with Gasteiger partial charge in [0.05, 0.1) is 13.2 Å². The van der Waals surface area contributed by atoms with Crippen LogP contribution in [-0.2, 0) is 25.5 Å². The van der Waals surface area contributed by atoms with E-state index in [1.165, 1.54) is 77.0 Å². The maximum atomic E-state index is 13.2. The molecule has 0 N–H and O–H groups in total. The lowest BCUT2D eigenvalue weighted by Crippen LogP contribution is -2.48. The molecule has 8 saturated carbocycles. The molecule has 48 heavy (non-hydrogen) atoms. The summed E-state index contributed by atoms with van der Waals surface area (Å²) in [4.78, 5) is 26.4. The van der Waals surface area contributed by atoms with Gasteiger partial charge in [0.15, 0.2) is 13.2 Å². The zero-order valence-corrected chi connectivity index (χ0v) is 28.5. The van der Waals surface area contributed by atoms with Crippen LogP contribution in [0.25, 0.3) is 21.5 Å². The fourth-order valence-electron chi connectivity index (χ4n) is 12.4. The Morgan fingerprint density at radius 2 is 0.979 bits per heavy atom. The van der Waals surface area contributed by atoms with Crippen molar-refractivity contribution in [3.05, 3.63) is 48.0 Å². The van der Waals surface area contributed by atoms with Crippen molar-refractivity contribution in [2.75, 3.05) is 26.4 Å². The second kappa shape index (κ2) is 11.9. The fourth-order valence-corrected chi connectivity index (χ4v) is 12.4. The second-order valence-corrected chi connectivity index (χ2v) is 17.2. The van der Waals surface area contributed by atoms with Gasteiger partial charge in [0, 0.05) is 32.4 Å². The Bertz CT molecular complexity index is 1670. The molecule has 254 valence electrons. The molecule has 0 aliphatic heterocycles. The number of ether oxygens (including phenoxy) is 4. The molecule has 0 unspecified atom stereocenters. The maximum absolute atomic E-state index is 13.2. The Labute approximate surface area is 284 Å². The Kier molecular flexibility index (Phi) is 7.66. The van der Waals surface area contributed by atoms with E-state index in [2.05, 4.69) is 25.1 Å². The molecular weight excluding hydrogens is 600 g/mol. The highest BCUT2D eigenvalue weighted by molar-refractivity contribution is 6.11. The summed E-state index contributed by atoms with van der Waals surface area (Å²) in [5.74, 6) is 5.60. The summed E-state index contributed by atoms with van der Waals surface area (Å²) in [6.45, 7) is 2.88. The van der Waals surface area contributed by atoms with Gasteiger partial charge in [-0.1, -0.05) is 43.3 Å². The van der Waals surface area contributed by atoms with Crippen molar-refractivity contribution in [2.45, 2.75) is 90.4 Å². The predicted octanol–water partition coefficient (Wildman–Crippen LogP) is 8.83. The number of hydrogen-bond donors (Lipinski definition) is 0. The molecule has 0 saturated heterocycles. The van der Waals surface area contributed by atoms with E-state index in [1.807, 2.05) is 24.3 Å². The largest absolute Gasteiger partial charge is 0.481 e. The first-order valence-corrected chi connectivity index (χ1v) is 18.9. The van der Waals surface area contributed by atoms with Crippen LogP contribution < -0.4 is 9.47 Å². The summed E-state index contributed by atoms with van der Waals surface area (Å²) in [5, 5.41) is 3.43. The number of carbonyl (C=O) groups excluding carboxylic acids is 2. The third kappa shape index (κ3) is 5.65. The quantitative estimate of drug-likeness (QED) is 0.153. The number of aryl methyl sites for hydroxylation is 1. The lowest BCUT2D eigenvalue weighted by molar-refractivity contribution is -0.158. The zero-order valence-electron chi connectivity index (χ0n) is 28.5. The molecule has 0 heterocycles. The van der Waals surface area contributed by atoms with Crippen LogP contribution in [0.4, 0.5) is 0 Å². The average molecular weight is 651 g/mol. The van der Waals surface area contributed by atoms with Crippen molar-refractivity contribution in [3.63, 3.8) is 0 Å². The summed E-state index contributed by atoms with van der Waals surface area (Å²) in [6.07, 6.45) is 16.4. The average Bonchev–Trinajstić information content (AvgIpc) is 3.06. The van der Waals surface area contributed by atoms with Crippen LogP contribution in [0.5, 0.6) is 11.5 Å². The predicted molar refractivity (Wildman–Crippen MR) is 185 cm³/mol. The number of carbonyl (C=O) groups is 2. The minimum atomic E-state index is -0.310. The molecule has 3 aromatic carbocycles. The van der Waals surface area contributed by atoms with E-state index in [-0.39, 0.29) is 36.0 Å². The normalized spacial score (nSPS) is 34.1. The number of fused-ring (bicyclic) bond motifs is 2. The van der Waals surface area contributed by atoms with E-state index in [9.17, 15) is 9.59 Å². The smallest absolute Gasteiger partial charge is 0.344 e. The standard InChI is InChI=1S/C42H50O6/c1-2-26-7-8-35-36(15-26)40(46-23-38(44)48-25-42-19-30-12-31(20-42)14-32(13-30)21-42)34-6-4-3-5-33(34)39(35)45-22-37(43)47-24-41-16-27-9-28(17-41)11-29(10-27)18-41/h3-8,15,27-32H,2,9-14,16-25H2,1H3. The van der Waals surface area contributed by atoms with Crippen molar-refractivity contribution in [1.29, 1.82) is 0 Å². The molecule has 0 radical (unpaired) electrons. The molecule has 0 atom stereocenters. The first-order valence-electron chi connectivity index (χ1n) is 18.9. The Morgan fingerprint density at radius 3 is 1.40 bits per heavy atom. The van der Waals surface area contributed by atoms with Crippen LogP contribution in [0.2, 0.25) is 0 Å². The van der Waals surface area contributed by atoms with E-state index in [1.54, 1.807) is 0 Å². The number of rotatable bonds is 11. The van der Waals surface area contributed by atoms with Gasteiger partial charge < -0.3 is 18.9 Å². The second-order valence-electron chi connectivity index (χ2n) is 17.2.